The molecule has 0 aliphatic carbocycles. The molecule has 156 valence electrons. The molecule has 1 N–H and O–H groups in total. The molecule has 3 aromatic carbocycles. The van der Waals surface area contributed by atoms with Crippen molar-refractivity contribution in [2.24, 2.45) is 4.99 Å². The molecule has 0 spiro atoms. The van der Waals surface area contributed by atoms with Gasteiger partial charge in [-0.05, 0) is 37.1 Å². The van der Waals surface area contributed by atoms with Crippen LogP contribution in [0, 0.1) is 0 Å². The Bertz CT molecular complexity index is 911. The number of rotatable bonds is 6. The second kappa shape index (κ2) is 12.3. The van der Waals surface area contributed by atoms with E-state index in [1.807, 2.05) is 55.5 Å². The van der Waals surface area contributed by atoms with E-state index in [-0.39, 0.29) is 5.75 Å². The monoisotopic (exact) mass is 519 g/mol. The van der Waals surface area contributed by atoms with Crippen LogP contribution in [0.15, 0.2) is 77.8 Å². The summed E-state index contributed by atoms with van der Waals surface area (Å²) in [6.45, 7) is 4.75. The Labute approximate surface area is 197 Å². The van der Waals surface area contributed by atoms with Crippen LogP contribution in [0.1, 0.15) is 36.1 Å². The van der Waals surface area contributed by atoms with Gasteiger partial charge in [-0.15, -0.1) is 0 Å². The number of hydrogen-bond acceptors (Lipinski definition) is 3. The Balaban J connectivity index is 0.00000101. The number of aliphatic imine (C=N–C) groups is 1. The van der Waals surface area contributed by atoms with E-state index < -0.39 is 26.3 Å². The summed E-state index contributed by atoms with van der Waals surface area (Å²) in [5.74, 6) is 0.918. The van der Waals surface area contributed by atoms with Crippen molar-refractivity contribution < 1.29 is 30.7 Å². The Hall–Kier alpha value is -1.61. The van der Waals surface area contributed by atoms with Gasteiger partial charge in [-0.3, -0.25) is 4.99 Å². The molecule has 0 aliphatic rings. The minimum absolute atomic E-state index is 0.225. The summed E-state index contributed by atoms with van der Waals surface area (Å²) in [5, 5.41) is 11.1. The van der Waals surface area contributed by atoms with Crippen LogP contribution in [0.4, 0.5) is 0 Å². The first kappa shape index (κ1) is 24.7. The molecule has 0 saturated heterocycles. The maximum absolute atomic E-state index is 11.1. The number of aromatic hydroxyl groups is 1. The zero-order chi connectivity index (χ0) is 22.0. The van der Waals surface area contributed by atoms with Crippen molar-refractivity contribution in [3.63, 3.8) is 0 Å². The third-order valence-electron chi connectivity index (χ3n) is 5.00. The first-order chi connectivity index (χ1) is 14.5. The first-order valence-corrected chi connectivity index (χ1v) is 15.8. The van der Waals surface area contributed by atoms with Gasteiger partial charge in [0.05, 0.1) is 7.11 Å². The molecule has 0 fully saturated rings. The number of benzene rings is 3. The van der Waals surface area contributed by atoms with Gasteiger partial charge in [0.15, 0.2) is 0 Å². The second-order valence-electron chi connectivity index (χ2n) is 6.67. The molecule has 3 nitrogen and oxygen atoms in total. The minimum atomic E-state index is -0.826. The topological polar surface area (TPSA) is 41.8 Å². The summed E-state index contributed by atoms with van der Waals surface area (Å²) in [6, 6.07) is 24.2. The van der Waals surface area contributed by atoms with E-state index in [0.717, 1.165) is 16.7 Å². The molecule has 0 heterocycles. The fraction of sp³-hybridized carbons (Fsp3) is 0.208. The normalized spacial score (nSPS) is 11.0. The van der Waals surface area contributed by atoms with Crippen LogP contribution in [0.25, 0.3) is 0 Å². The molecule has 0 aliphatic heterocycles. The summed E-state index contributed by atoms with van der Waals surface area (Å²) in [6.07, 6.45) is 1.71. The molecular formula is C24H25Cl2NO2Zr. The SMILES string of the molecule is CCN=Cc1cc(OC)cc(C(C)(c2ccccc2)c2ccccc2)c1O.[Cl][Zr][Cl]. The Morgan fingerprint density at radius 2 is 1.50 bits per heavy atom. The molecular weight excluding hydrogens is 496 g/mol. The maximum atomic E-state index is 11.1. The fourth-order valence-electron chi connectivity index (χ4n) is 3.44. The second-order valence-corrected chi connectivity index (χ2v) is 10.4. The predicted octanol–water partition coefficient (Wildman–Crippen LogP) is 6.57. The molecule has 0 atom stereocenters. The molecule has 3 aromatic rings. The van der Waals surface area contributed by atoms with E-state index in [1.54, 1.807) is 13.3 Å². The Morgan fingerprint density at radius 3 is 1.93 bits per heavy atom. The third kappa shape index (κ3) is 5.75. The summed E-state index contributed by atoms with van der Waals surface area (Å²) >= 11 is -0.826. The predicted molar refractivity (Wildman–Crippen MR) is 123 cm³/mol. The van der Waals surface area contributed by atoms with Gasteiger partial charge in [-0.2, -0.15) is 0 Å². The fourth-order valence-corrected chi connectivity index (χ4v) is 3.44. The van der Waals surface area contributed by atoms with Crippen LogP contribution in [-0.4, -0.2) is 25.0 Å². The van der Waals surface area contributed by atoms with Crippen molar-refractivity contribution in [3.8, 4) is 11.5 Å². The molecule has 30 heavy (non-hydrogen) atoms. The van der Waals surface area contributed by atoms with Crippen LogP contribution in [0.5, 0.6) is 11.5 Å². The average Bonchev–Trinajstić information content (AvgIpc) is 2.79. The van der Waals surface area contributed by atoms with Gasteiger partial charge < -0.3 is 9.84 Å². The molecule has 0 saturated carbocycles. The Kier molecular flexibility index (Phi) is 10.1. The van der Waals surface area contributed by atoms with E-state index in [1.165, 1.54) is 0 Å². The van der Waals surface area contributed by atoms with Crippen molar-refractivity contribution in [3.05, 3.63) is 95.1 Å². The summed E-state index contributed by atoms with van der Waals surface area (Å²) in [4.78, 5) is 4.31. The van der Waals surface area contributed by atoms with Crippen LogP contribution >= 0.6 is 17.0 Å². The van der Waals surface area contributed by atoms with Gasteiger partial charge in [0.2, 0.25) is 0 Å². The summed E-state index contributed by atoms with van der Waals surface area (Å²) < 4.78 is 5.52. The third-order valence-corrected chi connectivity index (χ3v) is 5.00. The molecule has 6 heteroatoms. The zero-order valence-electron chi connectivity index (χ0n) is 17.3. The first-order valence-electron chi connectivity index (χ1n) is 9.51. The van der Waals surface area contributed by atoms with E-state index in [9.17, 15) is 5.11 Å². The van der Waals surface area contributed by atoms with E-state index in [2.05, 4.69) is 36.2 Å². The molecule has 0 unspecified atom stereocenters. The van der Waals surface area contributed by atoms with Gasteiger partial charge in [0.1, 0.15) is 11.5 Å². The molecule has 0 bridgehead atoms. The van der Waals surface area contributed by atoms with Crippen LogP contribution < -0.4 is 4.74 Å². The van der Waals surface area contributed by atoms with Crippen molar-refractivity contribution in [2.45, 2.75) is 19.3 Å². The zero-order valence-corrected chi connectivity index (χ0v) is 21.2. The number of phenolic OH excluding ortho intramolecular Hbond substituents is 1. The standard InChI is InChI=1S/C24H25NO2.2ClH.Zr/c1-4-25-17-18-15-21(27-3)16-22(23(18)26)24(2,19-11-7-5-8-12-19)20-13-9-6-10-14-20;;;/h5-17,26H,4H2,1-3H3;2*1H;/q;;;+2/p-2. The van der Waals surface area contributed by atoms with Gasteiger partial charge in [0.25, 0.3) is 0 Å². The molecule has 0 amide bonds. The number of methoxy groups -OCH3 is 1. The van der Waals surface area contributed by atoms with Gasteiger partial charge in [-0.1, -0.05) is 60.7 Å². The average molecular weight is 522 g/mol. The van der Waals surface area contributed by atoms with Gasteiger partial charge >= 0.3 is 37.9 Å². The summed E-state index contributed by atoms with van der Waals surface area (Å²) in [5.41, 5.74) is 3.09. The van der Waals surface area contributed by atoms with Crippen molar-refractivity contribution >= 4 is 23.2 Å². The van der Waals surface area contributed by atoms with E-state index in [4.69, 9.17) is 21.8 Å². The van der Waals surface area contributed by atoms with Gasteiger partial charge in [0, 0.05) is 29.3 Å². The number of nitrogens with zero attached hydrogens (tertiary/aromatic N) is 1. The summed E-state index contributed by atoms with van der Waals surface area (Å²) in [7, 11) is 11.5. The molecule has 3 rings (SSSR count). The molecule has 0 aromatic heterocycles. The Morgan fingerprint density at radius 1 is 1.00 bits per heavy atom. The number of hydrogen-bond donors (Lipinski definition) is 1. The number of ether oxygens (including phenoxy) is 1. The number of halogens is 2. The molecule has 0 radical (unpaired) electrons. The van der Waals surface area contributed by atoms with Gasteiger partial charge in [-0.25, -0.2) is 0 Å². The van der Waals surface area contributed by atoms with Crippen LogP contribution in [0.3, 0.4) is 0 Å². The number of phenols is 1. The van der Waals surface area contributed by atoms with Crippen molar-refractivity contribution in [2.75, 3.05) is 13.7 Å². The van der Waals surface area contributed by atoms with Crippen molar-refractivity contribution in [1.82, 2.24) is 0 Å². The van der Waals surface area contributed by atoms with Crippen LogP contribution in [0.2, 0.25) is 0 Å². The van der Waals surface area contributed by atoms with Crippen LogP contribution in [-0.2, 0) is 26.3 Å². The van der Waals surface area contributed by atoms with E-state index >= 15 is 0 Å². The van der Waals surface area contributed by atoms with Crippen molar-refractivity contribution in [1.29, 1.82) is 0 Å². The quantitative estimate of drug-likeness (QED) is 0.295. The van der Waals surface area contributed by atoms with E-state index in [0.29, 0.717) is 17.9 Å².